The van der Waals surface area contributed by atoms with Gasteiger partial charge in [0.25, 0.3) is 0 Å². The lowest BCUT2D eigenvalue weighted by molar-refractivity contribution is -0.145. The summed E-state index contributed by atoms with van der Waals surface area (Å²) < 4.78 is 4.77. The molecule has 2 rings (SSSR count). The topological polar surface area (TPSA) is 83.9 Å². The van der Waals surface area contributed by atoms with Crippen molar-refractivity contribution in [3.05, 3.63) is 10.6 Å². The molecule has 1 fully saturated rings. The summed E-state index contributed by atoms with van der Waals surface area (Å²) >= 11 is 1.36. The fourth-order valence-electron chi connectivity index (χ4n) is 1.79. The van der Waals surface area contributed by atoms with Crippen LogP contribution in [0.3, 0.4) is 0 Å². The maximum absolute atomic E-state index is 11.3. The molecule has 1 N–H and O–H groups in total. The molecule has 0 aliphatic carbocycles. The zero-order valence-electron chi connectivity index (χ0n) is 9.13. The number of ether oxygens (including phenoxy) is 1. The number of esters is 1. The average Bonchev–Trinajstić information content (AvgIpc) is 2.50. The van der Waals surface area contributed by atoms with Crippen LogP contribution in [0.1, 0.15) is 19.8 Å². The van der Waals surface area contributed by atoms with Gasteiger partial charge in [-0.2, -0.15) is 0 Å². The van der Waals surface area contributed by atoms with Crippen LogP contribution in [0.5, 0.6) is 0 Å². The quantitative estimate of drug-likeness (QED) is 0.584. The summed E-state index contributed by atoms with van der Waals surface area (Å²) in [6.07, 6.45) is 0.713. The van der Waals surface area contributed by atoms with E-state index < -0.39 is 11.9 Å². The fourth-order valence-corrected chi connectivity index (χ4v) is 3.17. The monoisotopic (exact) mass is 257 g/mol. The first-order chi connectivity index (χ1) is 8.00. The van der Waals surface area contributed by atoms with E-state index in [-0.39, 0.29) is 23.6 Å². The van der Waals surface area contributed by atoms with Gasteiger partial charge in [-0.15, -0.1) is 11.8 Å². The SMILES string of the molecule is CC(=O)OCCC1=C(C(=O)O)N2C(=O)C[C@H]2S1. The molecular formula is C10H11NO5S. The van der Waals surface area contributed by atoms with E-state index in [0.29, 0.717) is 17.7 Å². The van der Waals surface area contributed by atoms with Crippen LogP contribution < -0.4 is 0 Å². The largest absolute Gasteiger partial charge is 0.477 e. The lowest BCUT2D eigenvalue weighted by Gasteiger charge is -2.33. The van der Waals surface area contributed by atoms with Gasteiger partial charge in [0.1, 0.15) is 5.70 Å². The van der Waals surface area contributed by atoms with E-state index in [4.69, 9.17) is 9.84 Å². The van der Waals surface area contributed by atoms with Crippen LogP contribution in [-0.2, 0) is 19.1 Å². The molecule has 2 aliphatic heterocycles. The molecule has 0 unspecified atom stereocenters. The number of thioether (sulfide) groups is 1. The Hall–Kier alpha value is -1.50. The number of carbonyl (C=O) groups is 3. The molecule has 0 aromatic heterocycles. The molecule has 7 heteroatoms. The van der Waals surface area contributed by atoms with E-state index in [1.807, 2.05) is 0 Å². The Labute approximate surface area is 102 Å². The summed E-state index contributed by atoms with van der Waals surface area (Å²) in [5.74, 6) is -1.67. The van der Waals surface area contributed by atoms with Crippen LogP contribution in [0.25, 0.3) is 0 Å². The van der Waals surface area contributed by atoms with Gasteiger partial charge in [-0.1, -0.05) is 0 Å². The number of fused-ring (bicyclic) bond motifs is 1. The Morgan fingerprint density at radius 1 is 1.59 bits per heavy atom. The van der Waals surface area contributed by atoms with Gasteiger partial charge in [0.15, 0.2) is 0 Å². The summed E-state index contributed by atoms with van der Waals surface area (Å²) in [4.78, 5) is 34.9. The van der Waals surface area contributed by atoms with Gasteiger partial charge in [0.2, 0.25) is 5.91 Å². The lowest BCUT2D eigenvalue weighted by Crippen LogP contribution is -2.48. The molecule has 0 aromatic carbocycles. The molecule has 0 spiro atoms. The number of nitrogens with zero attached hydrogens (tertiary/aromatic N) is 1. The Morgan fingerprint density at radius 2 is 2.29 bits per heavy atom. The highest BCUT2D eigenvalue weighted by atomic mass is 32.2. The van der Waals surface area contributed by atoms with E-state index >= 15 is 0 Å². The maximum atomic E-state index is 11.3. The predicted molar refractivity (Wildman–Crippen MR) is 58.8 cm³/mol. The number of carboxylic acids is 1. The first-order valence-corrected chi connectivity index (χ1v) is 5.97. The minimum absolute atomic E-state index is 0.0448. The molecule has 2 aliphatic rings. The lowest BCUT2D eigenvalue weighted by atomic mass is 10.1. The molecule has 0 radical (unpaired) electrons. The zero-order valence-corrected chi connectivity index (χ0v) is 9.95. The second kappa shape index (κ2) is 4.40. The number of rotatable bonds is 4. The standard InChI is InChI=1S/C10H11NO5S/c1-5(12)16-3-2-6-9(10(14)15)11-7(13)4-8(11)17-6/h8H,2-4H2,1H3,(H,14,15)/t8-/m1/s1. The second-order valence-corrected chi connectivity index (χ2v) is 4.98. The van der Waals surface area contributed by atoms with Crippen LogP contribution in [0.15, 0.2) is 10.6 Å². The van der Waals surface area contributed by atoms with Crippen molar-refractivity contribution in [2.45, 2.75) is 25.1 Å². The molecule has 0 bridgehead atoms. The first-order valence-electron chi connectivity index (χ1n) is 5.09. The van der Waals surface area contributed by atoms with Gasteiger partial charge in [-0.3, -0.25) is 14.5 Å². The Balaban J connectivity index is 2.07. The van der Waals surface area contributed by atoms with Crippen LogP contribution in [0.2, 0.25) is 0 Å². The zero-order chi connectivity index (χ0) is 12.6. The second-order valence-electron chi connectivity index (χ2n) is 3.71. The van der Waals surface area contributed by atoms with E-state index in [1.54, 1.807) is 0 Å². The van der Waals surface area contributed by atoms with E-state index in [1.165, 1.54) is 23.6 Å². The summed E-state index contributed by atoms with van der Waals surface area (Å²) in [5.41, 5.74) is 0.0448. The van der Waals surface area contributed by atoms with Gasteiger partial charge in [-0.25, -0.2) is 4.79 Å². The third kappa shape index (κ3) is 2.14. The van der Waals surface area contributed by atoms with E-state index in [0.717, 1.165) is 0 Å². The van der Waals surface area contributed by atoms with Gasteiger partial charge < -0.3 is 9.84 Å². The molecule has 6 nitrogen and oxygen atoms in total. The summed E-state index contributed by atoms with van der Waals surface area (Å²) in [6, 6.07) is 0. The molecule has 17 heavy (non-hydrogen) atoms. The van der Waals surface area contributed by atoms with Crippen molar-refractivity contribution in [3.63, 3.8) is 0 Å². The highest BCUT2D eigenvalue weighted by Gasteiger charge is 2.48. The highest BCUT2D eigenvalue weighted by Crippen LogP contribution is 2.47. The number of carbonyl (C=O) groups excluding carboxylic acids is 2. The van der Waals surface area contributed by atoms with Crippen LogP contribution in [0.4, 0.5) is 0 Å². The number of amides is 1. The minimum atomic E-state index is -1.11. The molecule has 1 atom stereocenters. The smallest absolute Gasteiger partial charge is 0.353 e. The fraction of sp³-hybridized carbons (Fsp3) is 0.500. The number of hydrogen-bond donors (Lipinski definition) is 1. The summed E-state index contributed by atoms with van der Waals surface area (Å²) in [5, 5.41) is 8.98. The first kappa shape index (κ1) is 12.0. The van der Waals surface area contributed by atoms with Crippen molar-refractivity contribution in [1.29, 1.82) is 0 Å². The van der Waals surface area contributed by atoms with E-state index in [9.17, 15) is 14.4 Å². The normalized spacial score (nSPS) is 22.3. The van der Waals surface area contributed by atoms with Gasteiger partial charge in [-0.05, 0) is 0 Å². The van der Waals surface area contributed by atoms with Crippen LogP contribution in [-0.4, -0.2) is 39.8 Å². The molecule has 92 valence electrons. The Kier molecular flexibility index (Phi) is 3.10. The van der Waals surface area contributed by atoms with Gasteiger partial charge in [0.05, 0.1) is 18.4 Å². The maximum Gasteiger partial charge on any atom is 0.353 e. The summed E-state index contributed by atoms with van der Waals surface area (Å²) in [7, 11) is 0. The molecular weight excluding hydrogens is 246 g/mol. The van der Waals surface area contributed by atoms with Gasteiger partial charge in [0, 0.05) is 18.2 Å². The van der Waals surface area contributed by atoms with Crippen LogP contribution in [0, 0.1) is 0 Å². The summed E-state index contributed by atoms with van der Waals surface area (Å²) in [6.45, 7) is 1.44. The van der Waals surface area contributed by atoms with Crippen LogP contribution >= 0.6 is 11.8 Å². The molecule has 0 saturated carbocycles. The Bertz CT molecular complexity index is 430. The third-order valence-corrected chi connectivity index (χ3v) is 3.86. The van der Waals surface area contributed by atoms with Crippen molar-refractivity contribution >= 4 is 29.6 Å². The average molecular weight is 257 g/mol. The van der Waals surface area contributed by atoms with E-state index in [2.05, 4.69) is 0 Å². The number of aliphatic carboxylic acids is 1. The number of carboxylic acid groups (broad SMARTS) is 1. The number of hydrogen-bond acceptors (Lipinski definition) is 5. The predicted octanol–water partition coefficient (Wildman–Crippen LogP) is 0.541. The van der Waals surface area contributed by atoms with Crippen molar-refractivity contribution in [3.8, 4) is 0 Å². The van der Waals surface area contributed by atoms with Crippen molar-refractivity contribution in [2.75, 3.05) is 6.61 Å². The Morgan fingerprint density at radius 3 is 2.82 bits per heavy atom. The third-order valence-electron chi connectivity index (χ3n) is 2.53. The molecule has 0 aromatic rings. The molecule has 1 amide bonds. The van der Waals surface area contributed by atoms with Gasteiger partial charge >= 0.3 is 11.9 Å². The van der Waals surface area contributed by atoms with Crippen molar-refractivity contribution < 1.29 is 24.2 Å². The minimum Gasteiger partial charge on any atom is -0.477 e. The van der Waals surface area contributed by atoms with Crippen molar-refractivity contribution in [2.24, 2.45) is 0 Å². The molecule has 1 saturated heterocycles. The highest BCUT2D eigenvalue weighted by molar-refractivity contribution is 8.04. The van der Waals surface area contributed by atoms with Crippen molar-refractivity contribution in [1.82, 2.24) is 4.90 Å². The molecule has 2 heterocycles. The number of β-lactam (4-membered cyclic amide) rings is 1.